The fourth-order valence-electron chi connectivity index (χ4n) is 3.30. The largest absolute Gasteiger partial charge is 0.297 e. The van der Waals surface area contributed by atoms with Gasteiger partial charge in [-0.05, 0) is 18.9 Å². The van der Waals surface area contributed by atoms with E-state index in [2.05, 4.69) is 41.0 Å². The van der Waals surface area contributed by atoms with Gasteiger partial charge in [-0.1, -0.05) is 29.8 Å². The second-order valence-corrected chi connectivity index (χ2v) is 8.58. The molecule has 1 aromatic rings. The summed E-state index contributed by atoms with van der Waals surface area (Å²) in [6.07, 6.45) is 0.820. The van der Waals surface area contributed by atoms with Crippen LogP contribution in [-0.4, -0.2) is 61.9 Å². The fraction of sp³-hybridized carbons (Fsp3) is 0.625. The van der Waals surface area contributed by atoms with Gasteiger partial charge in [0.1, 0.15) is 0 Å². The number of hydrogen-bond donors (Lipinski definition) is 0. The van der Waals surface area contributed by atoms with Crippen molar-refractivity contribution in [3.05, 3.63) is 35.4 Å². The van der Waals surface area contributed by atoms with Crippen molar-refractivity contribution in [1.82, 2.24) is 9.80 Å². The van der Waals surface area contributed by atoms with E-state index in [-0.39, 0.29) is 6.04 Å². The smallest absolute Gasteiger partial charge is 0.151 e. The zero-order valence-corrected chi connectivity index (χ0v) is 13.5. The number of sulfone groups is 1. The second kappa shape index (κ2) is 6.07. The summed E-state index contributed by atoms with van der Waals surface area (Å²) in [5.41, 5.74) is 2.66. The van der Waals surface area contributed by atoms with Gasteiger partial charge in [0.05, 0.1) is 11.5 Å². The Hall–Kier alpha value is -0.910. The van der Waals surface area contributed by atoms with Gasteiger partial charge in [0.25, 0.3) is 0 Å². The fourth-order valence-corrected chi connectivity index (χ4v) is 5.06. The Labute approximate surface area is 127 Å². The molecule has 0 spiro atoms. The second-order valence-electron chi connectivity index (χ2n) is 6.35. The number of piperazine rings is 1. The van der Waals surface area contributed by atoms with Crippen molar-refractivity contribution in [2.45, 2.75) is 25.9 Å². The SMILES string of the molecule is Cc1ccc(CN2CCN([C@@H]3CCS(=O)(=O)C3)CC2)cc1. The predicted molar refractivity (Wildman–Crippen MR) is 85.1 cm³/mol. The van der Waals surface area contributed by atoms with Crippen LogP contribution in [0.2, 0.25) is 0 Å². The summed E-state index contributed by atoms with van der Waals surface area (Å²) in [5, 5.41) is 0. The van der Waals surface area contributed by atoms with Crippen LogP contribution >= 0.6 is 0 Å². The molecule has 0 bridgehead atoms. The minimum atomic E-state index is -2.77. The third-order valence-corrected chi connectivity index (χ3v) is 6.41. The lowest BCUT2D eigenvalue weighted by Crippen LogP contribution is -2.50. The number of rotatable bonds is 3. The molecule has 5 heteroatoms. The van der Waals surface area contributed by atoms with Crippen LogP contribution in [0, 0.1) is 6.92 Å². The maximum Gasteiger partial charge on any atom is 0.151 e. The van der Waals surface area contributed by atoms with Crippen molar-refractivity contribution >= 4 is 9.84 Å². The molecule has 116 valence electrons. The van der Waals surface area contributed by atoms with Gasteiger partial charge in [0.2, 0.25) is 0 Å². The van der Waals surface area contributed by atoms with Gasteiger partial charge < -0.3 is 0 Å². The van der Waals surface area contributed by atoms with Crippen LogP contribution in [0.5, 0.6) is 0 Å². The molecule has 0 unspecified atom stereocenters. The zero-order chi connectivity index (χ0) is 14.9. The molecule has 0 aliphatic carbocycles. The van der Waals surface area contributed by atoms with Crippen molar-refractivity contribution in [1.29, 1.82) is 0 Å². The van der Waals surface area contributed by atoms with Crippen molar-refractivity contribution in [2.75, 3.05) is 37.7 Å². The molecule has 2 heterocycles. The van der Waals surface area contributed by atoms with Gasteiger partial charge in [0, 0.05) is 38.8 Å². The lowest BCUT2D eigenvalue weighted by molar-refractivity contribution is 0.100. The van der Waals surface area contributed by atoms with Crippen LogP contribution in [-0.2, 0) is 16.4 Å². The third kappa shape index (κ3) is 3.84. The monoisotopic (exact) mass is 308 g/mol. The minimum absolute atomic E-state index is 0.261. The maximum atomic E-state index is 11.6. The summed E-state index contributed by atoms with van der Waals surface area (Å²) < 4.78 is 23.2. The van der Waals surface area contributed by atoms with Gasteiger partial charge in [-0.3, -0.25) is 9.80 Å². The highest BCUT2D eigenvalue weighted by Gasteiger charge is 2.33. The predicted octanol–water partition coefficient (Wildman–Crippen LogP) is 1.30. The molecule has 1 aromatic carbocycles. The van der Waals surface area contributed by atoms with E-state index >= 15 is 0 Å². The van der Waals surface area contributed by atoms with E-state index in [4.69, 9.17) is 0 Å². The highest BCUT2D eigenvalue weighted by atomic mass is 32.2. The van der Waals surface area contributed by atoms with Crippen LogP contribution in [0.4, 0.5) is 0 Å². The van der Waals surface area contributed by atoms with E-state index in [1.807, 2.05) is 0 Å². The molecular weight excluding hydrogens is 284 g/mol. The highest BCUT2D eigenvalue weighted by Crippen LogP contribution is 2.19. The molecule has 0 radical (unpaired) electrons. The molecule has 0 amide bonds. The molecule has 21 heavy (non-hydrogen) atoms. The highest BCUT2D eigenvalue weighted by molar-refractivity contribution is 7.91. The van der Waals surface area contributed by atoms with Crippen LogP contribution in [0.15, 0.2) is 24.3 Å². The first-order valence-electron chi connectivity index (χ1n) is 7.74. The Bertz CT molecular complexity index is 575. The summed E-state index contributed by atoms with van der Waals surface area (Å²) in [4.78, 5) is 4.83. The molecule has 2 aliphatic rings. The topological polar surface area (TPSA) is 40.6 Å². The van der Waals surface area contributed by atoms with Crippen LogP contribution in [0.3, 0.4) is 0 Å². The molecule has 2 saturated heterocycles. The minimum Gasteiger partial charge on any atom is -0.297 e. The third-order valence-electron chi connectivity index (χ3n) is 4.66. The number of aryl methyl sites for hydroxylation is 1. The molecule has 0 saturated carbocycles. The van der Waals surface area contributed by atoms with Crippen LogP contribution in [0.1, 0.15) is 17.5 Å². The molecule has 2 fully saturated rings. The normalized spacial score (nSPS) is 27.0. The molecule has 2 aliphatic heterocycles. The number of nitrogens with zero attached hydrogens (tertiary/aromatic N) is 2. The van der Waals surface area contributed by atoms with Crippen molar-refractivity contribution < 1.29 is 8.42 Å². The van der Waals surface area contributed by atoms with E-state index in [0.717, 1.165) is 39.1 Å². The summed E-state index contributed by atoms with van der Waals surface area (Å²) in [7, 11) is -2.77. The van der Waals surface area contributed by atoms with Gasteiger partial charge >= 0.3 is 0 Å². The average molecular weight is 308 g/mol. The number of hydrogen-bond acceptors (Lipinski definition) is 4. The van der Waals surface area contributed by atoms with Gasteiger partial charge in [-0.2, -0.15) is 0 Å². The molecule has 0 N–H and O–H groups in total. The van der Waals surface area contributed by atoms with Gasteiger partial charge in [0.15, 0.2) is 9.84 Å². The molecular formula is C16H24N2O2S. The van der Waals surface area contributed by atoms with E-state index < -0.39 is 9.84 Å². The lowest BCUT2D eigenvalue weighted by atomic mass is 10.1. The Morgan fingerprint density at radius 2 is 1.76 bits per heavy atom. The first-order chi connectivity index (χ1) is 10.0. The van der Waals surface area contributed by atoms with E-state index in [1.165, 1.54) is 11.1 Å². The quantitative estimate of drug-likeness (QED) is 0.844. The van der Waals surface area contributed by atoms with Crippen molar-refractivity contribution in [3.8, 4) is 0 Å². The molecule has 1 atom stereocenters. The van der Waals surface area contributed by atoms with Gasteiger partial charge in [-0.15, -0.1) is 0 Å². The summed E-state index contributed by atoms with van der Waals surface area (Å²) in [6, 6.07) is 8.98. The molecule has 3 rings (SSSR count). The summed E-state index contributed by atoms with van der Waals surface area (Å²) in [5.74, 6) is 0.742. The maximum absolute atomic E-state index is 11.6. The van der Waals surface area contributed by atoms with E-state index in [1.54, 1.807) is 0 Å². The molecule has 0 aromatic heterocycles. The standard InChI is InChI=1S/C16H24N2O2S/c1-14-2-4-15(5-3-14)12-17-7-9-18(10-8-17)16-6-11-21(19,20)13-16/h2-5,16H,6-13H2,1H3/t16-/m1/s1. The average Bonchev–Trinajstić information content (AvgIpc) is 2.83. The first-order valence-corrected chi connectivity index (χ1v) is 9.56. The van der Waals surface area contributed by atoms with E-state index in [9.17, 15) is 8.42 Å². The molecule has 4 nitrogen and oxygen atoms in total. The van der Waals surface area contributed by atoms with Gasteiger partial charge in [-0.25, -0.2) is 8.42 Å². The Morgan fingerprint density at radius 1 is 1.10 bits per heavy atom. The summed E-state index contributed by atoms with van der Waals surface area (Å²) in [6.45, 7) is 7.15. The first kappa shape index (κ1) is 15.0. The Balaban J connectivity index is 1.50. The lowest BCUT2D eigenvalue weighted by Gasteiger charge is -2.37. The van der Waals surface area contributed by atoms with Crippen molar-refractivity contribution in [2.24, 2.45) is 0 Å². The van der Waals surface area contributed by atoms with Crippen molar-refractivity contribution in [3.63, 3.8) is 0 Å². The Kier molecular flexibility index (Phi) is 4.33. The Morgan fingerprint density at radius 3 is 2.33 bits per heavy atom. The summed E-state index contributed by atoms with van der Waals surface area (Å²) >= 11 is 0. The number of benzene rings is 1. The zero-order valence-electron chi connectivity index (χ0n) is 12.7. The van der Waals surface area contributed by atoms with E-state index in [0.29, 0.717) is 11.5 Å². The van der Waals surface area contributed by atoms with Crippen LogP contribution in [0.25, 0.3) is 0 Å². The van der Waals surface area contributed by atoms with Crippen LogP contribution < -0.4 is 0 Å².